The minimum absolute atomic E-state index is 0.0731. The number of unbranched alkanes of at least 4 members (excludes halogenated alkanes) is 1. The van der Waals surface area contributed by atoms with Crippen LogP contribution >= 0.6 is 15.9 Å². The molecule has 6 nitrogen and oxygen atoms in total. The predicted octanol–water partition coefficient (Wildman–Crippen LogP) is 5.95. The van der Waals surface area contributed by atoms with Gasteiger partial charge >= 0.3 is 0 Å². The number of ketones is 1. The van der Waals surface area contributed by atoms with E-state index in [1.807, 2.05) is 43.3 Å². The third-order valence-electron chi connectivity index (χ3n) is 6.02. The SMILES string of the molecule is CCCCOc1ccc(/C(O)=C2\C(=O)C(=O)N(Cc3cccnc3)[C@@H]2c2ccc(Br)cc2)c(C)c1. The van der Waals surface area contributed by atoms with E-state index in [1.165, 1.54) is 4.90 Å². The molecule has 1 N–H and O–H groups in total. The number of halogens is 1. The molecular formula is C28H27BrN2O4. The van der Waals surface area contributed by atoms with Crippen LogP contribution in [0.25, 0.3) is 5.76 Å². The third kappa shape index (κ3) is 5.30. The van der Waals surface area contributed by atoms with Gasteiger partial charge in [0, 0.05) is 29.0 Å². The summed E-state index contributed by atoms with van der Waals surface area (Å²) in [5.41, 5.74) is 2.85. The van der Waals surface area contributed by atoms with E-state index in [4.69, 9.17) is 4.74 Å². The molecule has 1 fully saturated rings. The lowest BCUT2D eigenvalue weighted by molar-refractivity contribution is -0.140. The van der Waals surface area contributed by atoms with Crippen LogP contribution in [-0.4, -0.2) is 33.3 Å². The Hall–Kier alpha value is -3.45. The van der Waals surface area contributed by atoms with Crippen molar-refractivity contribution >= 4 is 33.4 Å². The summed E-state index contributed by atoms with van der Waals surface area (Å²) in [5.74, 6) is -0.848. The topological polar surface area (TPSA) is 79.7 Å². The number of Topliss-reactive ketones (excluding diaryl/α,β-unsaturated/α-hetero) is 1. The van der Waals surface area contributed by atoms with Gasteiger partial charge in [-0.3, -0.25) is 14.6 Å². The summed E-state index contributed by atoms with van der Waals surface area (Å²) in [6.45, 7) is 4.76. The van der Waals surface area contributed by atoms with Gasteiger partial charge in [0.2, 0.25) is 0 Å². The summed E-state index contributed by atoms with van der Waals surface area (Å²) in [4.78, 5) is 32.1. The fraction of sp³-hybridized carbons (Fsp3) is 0.250. The number of hydrogen-bond acceptors (Lipinski definition) is 5. The van der Waals surface area contributed by atoms with Crippen LogP contribution in [0.4, 0.5) is 0 Å². The zero-order chi connectivity index (χ0) is 24.9. The molecule has 1 atom stereocenters. The van der Waals surface area contributed by atoms with E-state index >= 15 is 0 Å². The zero-order valence-electron chi connectivity index (χ0n) is 19.7. The average molecular weight is 535 g/mol. The van der Waals surface area contributed by atoms with Crippen LogP contribution in [0.3, 0.4) is 0 Å². The number of carbonyl (C=O) groups excluding carboxylic acids is 2. The van der Waals surface area contributed by atoms with Crippen LogP contribution in [0, 0.1) is 6.92 Å². The first kappa shape index (κ1) is 24.7. The normalized spacial score (nSPS) is 17.1. The largest absolute Gasteiger partial charge is 0.507 e. The van der Waals surface area contributed by atoms with Crippen LogP contribution in [-0.2, 0) is 16.1 Å². The molecule has 1 aromatic heterocycles. The highest BCUT2D eigenvalue weighted by molar-refractivity contribution is 9.10. The summed E-state index contributed by atoms with van der Waals surface area (Å²) in [6.07, 6.45) is 5.31. The van der Waals surface area contributed by atoms with Gasteiger partial charge in [-0.2, -0.15) is 0 Å². The van der Waals surface area contributed by atoms with E-state index in [0.717, 1.165) is 34.0 Å². The van der Waals surface area contributed by atoms with Gasteiger partial charge in [-0.05, 0) is 66.4 Å². The molecule has 2 heterocycles. The second-order valence-electron chi connectivity index (χ2n) is 8.52. The van der Waals surface area contributed by atoms with Crippen molar-refractivity contribution in [2.45, 2.75) is 39.3 Å². The molecule has 1 aliphatic heterocycles. The lowest BCUT2D eigenvalue weighted by atomic mass is 9.94. The Morgan fingerprint density at radius 1 is 1.14 bits per heavy atom. The molecule has 0 saturated carbocycles. The molecule has 1 amide bonds. The van der Waals surface area contributed by atoms with E-state index in [2.05, 4.69) is 27.8 Å². The van der Waals surface area contributed by atoms with E-state index in [-0.39, 0.29) is 17.9 Å². The van der Waals surface area contributed by atoms with Crippen molar-refractivity contribution in [3.05, 3.63) is 99.3 Å². The number of aliphatic hydroxyl groups is 1. The molecule has 0 bridgehead atoms. The summed E-state index contributed by atoms with van der Waals surface area (Å²) < 4.78 is 6.65. The zero-order valence-corrected chi connectivity index (χ0v) is 21.3. The van der Waals surface area contributed by atoms with Crippen molar-refractivity contribution in [2.75, 3.05) is 6.61 Å². The lowest BCUT2D eigenvalue weighted by Gasteiger charge is -2.25. The average Bonchev–Trinajstić information content (AvgIpc) is 3.10. The molecule has 1 aliphatic rings. The number of hydrogen-bond donors (Lipinski definition) is 1. The predicted molar refractivity (Wildman–Crippen MR) is 138 cm³/mol. The van der Waals surface area contributed by atoms with Gasteiger partial charge in [0.15, 0.2) is 0 Å². The molecule has 35 heavy (non-hydrogen) atoms. The molecule has 0 radical (unpaired) electrons. The van der Waals surface area contributed by atoms with Gasteiger partial charge in [0.25, 0.3) is 11.7 Å². The first-order valence-corrected chi connectivity index (χ1v) is 12.4. The smallest absolute Gasteiger partial charge is 0.295 e. The minimum atomic E-state index is -0.733. The summed E-state index contributed by atoms with van der Waals surface area (Å²) in [7, 11) is 0. The Labute approximate surface area is 213 Å². The van der Waals surface area contributed by atoms with Crippen LogP contribution in [0.5, 0.6) is 5.75 Å². The number of likely N-dealkylation sites (tertiary alicyclic amines) is 1. The van der Waals surface area contributed by atoms with Gasteiger partial charge in [0.05, 0.1) is 18.2 Å². The van der Waals surface area contributed by atoms with Crippen molar-refractivity contribution in [1.29, 1.82) is 0 Å². The van der Waals surface area contributed by atoms with Crippen LogP contribution in [0.15, 0.2) is 77.0 Å². The van der Waals surface area contributed by atoms with E-state index in [1.54, 1.807) is 30.6 Å². The van der Waals surface area contributed by atoms with Crippen molar-refractivity contribution in [1.82, 2.24) is 9.88 Å². The summed E-state index contributed by atoms with van der Waals surface area (Å²) >= 11 is 3.44. The van der Waals surface area contributed by atoms with Crippen molar-refractivity contribution in [3.8, 4) is 5.75 Å². The Morgan fingerprint density at radius 2 is 1.91 bits per heavy atom. The second kappa shape index (κ2) is 10.9. The molecule has 0 spiro atoms. The number of amides is 1. The molecule has 3 aromatic rings. The van der Waals surface area contributed by atoms with Crippen molar-refractivity contribution in [3.63, 3.8) is 0 Å². The number of benzene rings is 2. The maximum absolute atomic E-state index is 13.3. The highest BCUT2D eigenvalue weighted by Gasteiger charge is 2.46. The molecule has 180 valence electrons. The fourth-order valence-corrected chi connectivity index (χ4v) is 4.46. The quantitative estimate of drug-likeness (QED) is 0.167. The molecular weight excluding hydrogens is 508 g/mol. The first-order valence-electron chi connectivity index (χ1n) is 11.6. The van der Waals surface area contributed by atoms with Crippen LogP contribution in [0.2, 0.25) is 0 Å². The molecule has 2 aromatic carbocycles. The van der Waals surface area contributed by atoms with Crippen LogP contribution in [0.1, 0.15) is 48.1 Å². The number of aryl methyl sites for hydroxylation is 1. The van der Waals surface area contributed by atoms with Gasteiger partial charge in [-0.15, -0.1) is 0 Å². The minimum Gasteiger partial charge on any atom is -0.507 e. The van der Waals surface area contributed by atoms with Crippen molar-refractivity contribution < 1.29 is 19.4 Å². The van der Waals surface area contributed by atoms with Gasteiger partial charge in [-0.25, -0.2) is 0 Å². The maximum atomic E-state index is 13.3. The Kier molecular flexibility index (Phi) is 7.66. The molecule has 0 aliphatic carbocycles. The second-order valence-corrected chi connectivity index (χ2v) is 9.43. The number of pyridine rings is 1. The van der Waals surface area contributed by atoms with Crippen molar-refractivity contribution in [2.24, 2.45) is 0 Å². The van der Waals surface area contributed by atoms with Gasteiger partial charge in [0.1, 0.15) is 11.5 Å². The monoisotopic (exact) mass is 534 g/mol. The van der Waals surface area contributed by atoms with Crippen LogP contribution < -0.4 is 4.74 Å². The maximum Gasteiger partial charge on any atom is 0.295 e. The van der Waals surface area contributed by atoms with E-state index in [0.29, 0.717) is 17.9 Å². The molecule has 0 unspecified atom stereocenters. The third-order valence-corrected chi connectivity index (χ3v) is 6.55. The number of nitrogens with zero attached hydrogens (tertiary/aromatic N) is 2. The number of carbonyl (C=O) groups is 2. The lowest BCUT2D eigenvalue weighted by Crippen LogP contribution is -2.29. The molecule has 7 heteroatoms. The number of ether oxygens (including phenoxy) is 1. The van der Waals surface area contributed by atoms with E-state index in [9.17, 15) is 14.7 Å². The van der Waals surface area contributed by atoms with Gasteiger partial charge < -0.3 is 14.7 Å². The molecule has 4 rings (SSSR count). The van der Waals surface area contributed by atoms with E-state index < -0.39 is 17.7 Å². The summed E-state index contributed by atoms with van der Waals surface area (Å²) in [6, 6.07) is 15.7. The first-order chi connectivity index (χ1) is 16.9. The molecule has 1 saturated heterocycles. The highest BCUT2D eigenvalue weighted by Crippen LogP contribution is 2.41. The Balaban J connectivity index is 1.78. The standard InChI is InChI=1S/C28H27BrN2O4/c1-3-4-14-35-22-11-12-23(18(2)15-22)26(32)24-25(20-7-9-21(29)10-8-20)31(28(34)27(24)33)17-19-6-5-13-30-16-19/h5-13,15-16,25,32H,3-4,14,17H2,1-2H3/b26-24+/t25-/m1/s1. The Morgan fingerprint density at radius 3 is 2.57 bits per heavy atom. The number of aliphatic hydroxyl groups excluding tert-OH is 1. The number of aromatic nitrogens is 1. The van der Waals surface area contributed by atoms with Gasteiger partial charge in [-0.1, -0.05) is 47.5 Å². The highest BCUT2D eigenvalue weighted by atomic mass is 79.9. The summed E-state index contributed by atoms with van der Waals surface area (Å²) in [5, 5.41) is 11.4. The Bertz CT molecular complexity index is 1260. The number of rotatable bonds is 8. The fourth-order valence-electron chi connectivity index (χ4n) is 4.19.